The van der Waals surface area contributed by atoms with Crippen LogP contribution in [0.5, 0.6) is 0 Å². The maximum Gasteiger partial charge on any atom is 0.338 e. The quantitative estimate of drug-likeness (QED) is 0.152. The maximum atomic E-state index is 13.5. The molecule has 0 bridgehead atoms. The van der Waals surface area contributed by atoms with Gasteiger partial charge in [-0.3, -0.25) is 9.10 Å². The van der Waals surface area contributed by atoms with E-state index in [1.807, 2.05) is 0 Å². The second-order valence-electron chi connectivity index (χ2n) is 8.55. The van der Waals surface area contributed by atoms with Crippen molar-refractivity contribution in [2.24, 2.45) is 5.10 Å². The number of benzene rings is 3. The van der Waals surface area contributed by atoms with Crippen LogP contribution < -0.4 is 9.73 Å². The van der Waals surface area contributed by atoms with Gasteiger partial charge in [0.25, 0.3) is 15.9 Å². The highest BCUT2D eigenvalue weighted by molar-refractivity contribution is 7.92. The van der Waals surface area contributed by atoms with E-state index >= 15 is 0 Å². The van der Waals surface area contributed by atoms with Crippen LogP contribution in [0.15, 0.2) is 99.3 Å². The first-order valence-corrected chi connectivity index (χ1v) is 14.0. The van der Waals surface area contributed by atoms with Gasteiger partial charge in [-0.1, -0.05) is 41.9 Å². The average molecular weight is 580 g/mol. The smallest absolute Gasteiger partial charge is 0.338 e. The molecule has 0 aliphatic heterocycles. The summed E-state index contributed by atoms with van der Waals surface area (Å²) < 4.78 is 38.7. The molecule has 11 heteroatoms. The van der Waals surface area contributed by atoms with Crippen molar-refractivity contribution in [3.05, 3.63) is 107 Å². The van der Waals surface area contributed by atoms with Gasteiger partial charge in [0.1, 0.15) is 18.1 Å². The molecule has 0 saturated carbocycles. The summed E-state index contributed by atoms with van der Waals surface area (Å²) in [6.45, 7) is 3.22. The lowest BCUT2D eigenvalue weighted by Gasteiger charge is -2.25. The molecule has 0 unspecified atom stereocenters. The molecule has 0 spiro atoms. The highest BCUT2D eigenvalue weighted by atomic mass is 35.5. The maximum absolute atomic E-state index is 13.5. The molecule has 1 N–H and O–H groups in total. The first-order valence-electron chi connectivity index (χ1n) is 12.2. The predicted molar refractivity (Wildman–Crippen MR) is 153 cm³/mol. The number of hydrazone groups is 1. The molecule has 0 atom stereocenters. The molecule has 4 rings (SSSR count). The van der Waals surface area contributed by atoms with Crippen molar-refractivity contribution in [1.29, 1.82) is 0 Å². The second-order valence-corrected chi connectivity index (χ2v) is 10.8. The van der Waals surface area contributed by atoms with Crippen LogP contribution in [0.1, 0.15) is 28.6 Å². The zero-order valence-electron chi connectivity index (χ0n) is 21.7. The fourth-order valence-electron chi connectivity index (χ4n) is 3.81. The number of nitrogens with one attached hydrogen (secondary N) is 1. The Hall–Kier alpha value is -4.41. The van der Waals surface area contributed by atoms with Crippen molar-refractivity contribution >= 4 is 45.4 Å². The van der Waals surface area contributed by atoms with Gasteiger partial charge in [-0.25, -0.2) is 18.6 Å². The zero-order valence-corrected chi connectivity index (χ0v) is 23.3. The van der Waals surface area contributed by atoms with Gasteiger partial charge in [-0.2, -0.15) is 5.10 Å². The van der Waals surface area contributed by atoms with Crippen molar-refractivity contribution in [1.82, 2.24) is 5.43 Å². The van der Waals surface area contributed by atoms with Crippen LogP contribution in [0.2, 0.25) is 5.02 Å². The van der Waals surface area contributed by atoms with Crippen molar-refractivity contribution in [3.8, 4) is 11.3 Å². The number of hydrogen-bond donors (Lipinski definition) is 1. The minimum atomic E-state index is -4.07. The molecule has 1 amide bonds. The molecule has 0 aliphatic rings. The van der Waals surface area contributed by atoms with Gasteiger partial charge in [0, 0.05) is 10.6 Å². The van der Waals surface area contributed by atoms with Gasteiger partial charge in [-0.05, 0) is 74.0 Å². The summed E-state index contributed by atoms with van der Waals surface area (Å²) in [5, 5.41) is 4.37. The summed E-state index contributed by atoms with van der Waals surface area (Å²) in [7, 11) is -4.07. The number of aryl methyl sites for hydroxylation is 1. The molecule has 3 aromatic carbocycles. The lowest BCUT2D eigenvalue weighted by atomic mass is 10.1. The van der Waals surface area contributed by atoms with E-state index in [0.29, 0.717) is 40.0 Å². The number of nitrogens with zero attached hydrogens (tertiary/aromatic N) is 2. The summed E-state index contributed by atoms with van der Waals surface area (Å²) in [5.74, 6) is -0.182. The van der Waals surface area contributed by atoms with Crippen LogP contribution in [0, 0.1) is 6.92 Å². The Morgan fingerprint density at radius 2 is 1.75 bits per heavy atom. The Kier molecular flexibility index (Phi) is 9.03. The number of halogens is 1. The Morgan fingerprint density at radius 3 is 2.42 bits per heavy atom. The summed E-state index contributed by atoms with van der Waals surface area (Å²) in [6.07, 6.45) is 1.30. The third-order valence-electron chi connectivity index (χ3n) is 5.73. The van der Waals surface area contributed by atoms with Crippen molar-refractivity contribution in [2.45, 2.75) is 18.7 Å². The zero-order chi connectivity index (χ0) is 28.7. The fraction of sp³-hybridized carbons (Fsp3) is 0.138. The molecule has 0 aliphatic carbocycles. The van der Waals surface area contributed by atoms with Crippen LogP contribution >= 0.6 is 11.6 Å². The molecular formula is C29H26ClN3O6S. The lowest BCUT2D eigenvalue weighted by molar-refractivity contribution is -0.119. The minimum absolute atomic E-state index is 0.0408. The number of amides is 1. The van der Waals surface area contributed by atoms with Crippen LogP contribution in [0.4, 0.5) is 5.69 Å². The number of anilines is 1. The molecule has 1 aromatic heterocycles. The van der Waals surface area contributed by atoms with Crippen molar-refractivity contribution in [2.75, 3.05) is 17.5 Å². The number of esters is 1. The van der Waals surface area contributed by atoms with E-state index in [-0.39, 0.29) is 4.90 Å². The number of rotatable bonds is 10. The molecule has 9 nitrogen and oxygen atoms in total. The van der Waals surface area contributed by atoms with Gasteiger partial charge in [0.2, 0.25) is 0 Å². The third kappa shape index (κ3) is 6.77. The average Bonchev–Trinajstić information content (AvgIpc) is 3.42. The molecule has 206 valence electrons. The van der Waals surface area contributed by atoms with Crippen LogP contribution in [-0.4, -0.2) is 39.7 Å². The van der Waals surface area contributed by atoms with E-state index in [4.69, 9.17) is 20.8 Å². The molecule has 4 aromatic rings. The van der Waals surface area contributed by atoms with Crippen molar-refractivity contribution < 1.29 is 27.2 Å². The number of furan rings is 1. The highest BCUT2D eigenvalue weighted by Gasteiger charge is 2.28. The summed E-state index contributed by atoms with van der Waals surface area (Å²) >= 11 is 6.06. The standard InChI is InChI=1S/C29H26ClN3O6S/c1-3-38-29(35)22-11-9-21(10-12-22)27-16-14-24(39-27)18-31-32-28(34)19-33(26-15-13-23(30)17-20(26)2)40(36,37)25-7-5-4-6-8-25/h4-18H,3,19H2,1-2H3,(H,32,34)/b31-18+. The normalized spacial score (nSPS) is 11.4. The lowest BCUT2D eigenvalue weighted by Crippen LogP contribution is -2.40. The number of carbonyl (C=O) groups excluding carboxylic acids is 2. The summed E-state index contributed by atoms with van der Waals surface area (Å²) in [4.78, 5) is 24.7. The Bertz CT molecular complexity index is 1630. The molecule has 1 heterocycles. The Balaban J connectivity index is 1.47. The van der Waals surface area contributed by atoms with Crippen LogP contribution in [-0.2, 0) is 19.6 Å². The molecule has 0 saturated heterocycles. The fourth-order valence-corrected chi connectivity index (χ4v) is 5.55. The SMILES string of the molecule is CCOC(=O)c1ccc(-c2ccc(/C=N/NC(=O)CN(c3ccc(Cl)cc3C)S(=O)(=O)c3ccccc3)o2)cc1. The largest absolute Gasteiger partial charge is 0.462 e. The number of hydrogen-bond acceptors (Lipinski definition) is 7. The van der Waals surface area contributed by atoms with E-state index < -0.39 is 28.4 Å². The first kappa shape index (κ1) is 28.6. The Morgan fingerprint density at radius 1 is 1.02 bits per heavy atom. The second kappa shape index (κ2) is 12.6. The van der Waals surface area contributed by atoms with Gasteiger partial charge in [0.15, 0.2) is 0 Å². The van der Waals surface area contributed by atoms with E-state index in [2.05, 4.69) is 10.5 Å². The number of sulfonamides is 1. The number of carbonyl (C=O) groups is 2. The van der Waals surface area contributed by atoms with Crippen molar-refractivity contribution in [3.63, 3.8) is 0 Å². The highest BCUT2D eigenvalue weighted by Crippen LogP contribution is 2.29. The molecule has 0 radical (unpaired) electrons. The summed E-state index contributed by atoms with van der Waals surface area (Å²) in [6, 6.07) is 22.7. The van der Waals surface area contributed by atoms with Gasteiger partial charge in [-0.15, -0.1) is 0 Å². The van der Waals surface area contributed by atoms with Gasteiger partial charge < -0.3 is 9.15 Å². The molecule has 0 fully saturated rings. The molecule has 40 heavy (non-hydrogen) atoms. The van der Waals surface area contributed by atoms with Gasteiger partial charge in [0.05, 0.1) is 29.0 Å². The molecular weight excluding hydrogens is 554 g/mol. The van der Waals surface area contributed by atoms with Gasteiger partial charge >= 0.3 is 5.97 Å². The van der Waals surface area contributed by atoms with Crippen LogP contribution in [0.3, 0.4) is 0 Å². The predicted octanol–water partition coefficient (Wildman–Crippen LogP) is 5.43. The summed E-state index contributed by atoms with van der Waals surface area (Å²) in [5.41, 5.74) is 4.42. The van der Waals surface area contributed by atoms with E-state index in [1.54, 1.807) is 86.6 Å². The number of ether oxygens (including phenoxy) is 1. The first-order chi connectivity index (χ1) is 19.2. The van der Waals surface area contributed by atoms with E-state index in [0.717, 1.165) is 9.87 Å². The van der Waals surface area contributed by atoms with E-state index in [9.17, 15) is 18.0 Å². The third-order valence-corrected chi connectivity index (χ3v) is 7.74. The monoisotopic (exact) mass is 579 g/mol. The topological polar surface area (TPSA) is 118 Å². The van der Waals surface area contributed by atoms with Crippen LogP contribution in [0.25, 0.3) is 11.3 Å². The van der Waals surface area contributed by atoms with E-state index in [1.165, 1.54) is 18.3 Å². The minimum Gasteiger partial charge on any atom is -0.462 e. The Labute approximate surface area is 237 Å².